The van der Waals surface area contributed by atoms with Crippen LogP contribution in [0.2, 0.25) is 0 Å². The largest absolute Gasteiger partial charge is 0.481 e. The number of hydrogen-bond donors (Lipinski definition) is 1. The third-order valence-electron chi connectivity index (χ3n) is 4.60. The lowest BCUT2D eigenvalue weighted by atomic mass is 10.1. The van der Waals surface area contributed by atoms with Crippen LogP contribution >= 0.6 is 0 Å². The van der Waals surface area contributed by atoms with Crippen LogP contribution in [0.4, 0.5) is 0 Å². The number of rotatable bonds is 6. The topological polar surface area (TPSA) is 77.9 Å². The zero-order valence-corrected chi connectivity index (χ0v) is 14.3. The van der Waals surface area contributed by atoms with Crippen LogP contribution in [0.15, 0.2) is 30.3 Å². The number of amides is 2. The monoisotopic (exact) mass is 332 g/mol. The molecule has 0 bridgehead atoms. The lowest BCUT2D eigenvalue weighted by molar-refractivity contribution is -0.143. The average molecular weight is 332 g/mol. The minimum atomic E-state index is -0.934. The van der Waals surface area contributed by atoms with Crippen LogP contribution in [0.1, 0.15) is 31.9 Å². The van der Waals surface area contributed by atoms with Crippen LogP contribution in [0.25, 0.3) is 0 Å². The maximum atomic E-state index is 12.5. The van der Waals surface area contributed by atoms with Gasteiger partial charge in [0.1, 0.15) is 0 Å². The van der Waals surface area contributed by atoms with Crippen molar-refractivity contribution in [2.24, 2.45) is 11.8 Å². The smallest absolute Gasteiger partial charge is 0.308 e. The van der Waals surface area contributed by atoms with Crippen LogP contribution < -0.4 is 0 Å². The molecule has 6 heteroatoms. The summed E-state index contributed by atoms with van der Waals surface area (Å²) in [5, 5.41) is 8.96. The van der Waals surface area contributed by atoms with E-state index in [1.54, 1.807) is 18.9 Å². The van der Waals surface area contributed by atoms with Crippen LogP contribution in [0.3, 0.4) is 0 Å². The summed E-state index contributed by atoms with van der Waals surface area (Å²) in [5.74, 6) is -2.18. The summed E-state index contributed by atoms with van der Waals surface area (Å²) in [6.07, 6.45) is 0.182. The van der Waals surface area contributed by atoms with Crippen molar-refractivity contribution in [3.63, 3.8) is 0 Å². The number of carbonyl (C=O) groups excluding carboxylic acids is 2. The van der Waals surface area contributed by atoms with Gasteiger partial charge in [-0.2, -0.15) is 0 Å². The van der Waals surface area contributed by atoms with E-state index in [4.69, 9.17) is 5.11 Å². The second-order valence-electron chi connectivity index (χ2n) is 6.49. The summed E-state index contributed by atoms with van der Waals surface area (Å²) in [6, 6.07) is 9.63. The highest BCUT2D eigenvalue weighted by atomic mass is 16.4. The molecule has 130 valence electrons. The van der Waals surface area contributed by atoms with Gasteiger partial charge in [-0.3, -0.25) is 14.4 Å². The Kier molecular flexibility index (Phi) is 5.59. The molecule has 2 rings (SSSR count). The zero-order valence-electron chi connectivity index (χ0n) is 14.3. The fraction of sp³-hybridized carbons (Fsp3) is 0.500. The molecule has 1 fully saturated rings. The molecular weight excluding hydrogens is 308 g/mol. The molecule has 1 aromatic carbocycles. The quantitative estimate of drug-likeness (QED) is 0.861. The number of hydrogen-bond acceptors (Lipinski definition) is 3. The first-order valence-electron chi connectivity index (χ1n) is 8.13. The SMILES string of the molecule is C[C@H](CN(C)C(=O)[C@@H]1CC(=O)N([C@@H](C)c2ccccc2)C1)C(=O)O. The minimum Gasteiger partial charge on any atom is -0.481 e. The van der Waals surface area contributed by atoms with Crippen molar-refractivity contribution in [3.8, 4) is 0 Å². The molecule has 0 saturated carbocycles. The van der Waals surface area contributed by atoms with E-state index in [2.05, 4.69) is 0 Å². The molecule has 0 aromatic heterocycles. The van der Waals surface area contributed by atoms with Gasteiger partial charge in [0.2, 0.25) is 11.8 Å². The second-order valence-corrected chi connectivity index (χ2v) is 6.49. The number of likely N-dealkylation sites (tertiary alicyclic amines) is 1. The molecule has 0 aliphatic carbocycles. The summed E-state index contributed by atoms with van der Waals surface area (Å²) in [5.41, 5.74) is 1.03. The van der Waals surface area contributed by atoms with Crippen LogP contribution in [-0.2, 0) is 14.4 Å². The van der Waals surface area contributed by atoms with E-state index < -0.39 is 17.8 Å². The second kappa shape index (κ2) is 7.47. The van der Waals surface area contributed by atoms with Gasteiger partial charge in [0.15, 0.2) is 0 Å². The van der Waals surface area contributed by atoms with E-state index in [9.17, 15) is 14.4 Å². The summed E-state index contributed by atoms with van der Waals surface area (Å²) < 4.78 is 0. The van der Waals surface area contributed by atoms with Gasteiger partial charge in [-0.25, -0.2) is 0 Å². The molecule has 1 heterocycles. The Balaban J connectivity index is 2.01. The fourth-order valence-electron chi connectivity index (χ4n) is 3.07. The van der Waals surface area contributed by atoms with E-state index >= 15 is 0 Å². The van der Waals surface area contributed by atoms with Gasteiger partial charge in [-0.15, -0.1) is 0 Å². The Labute approximate surface area is 142 Å². The zero-order chi connectivity index (χ0) is 17.9. The number of benzene rings is 1. The summed E-state index contributed by atoms with van der Waals surface area (Å²) in [4.78, 5) is 38.9. The van der Waals surface area contributed by atoms with Crippen LogP contribution in [0, 0.1) is 11.8 Å². The Morgan fingerprint density at radius 3 is 2.50 bits per heavy atom. The third-order valence-corrected chi connectivity index (χ3v) is 4.60. The van der Waals surface area contributed by atoms with Gasteiger partial charge in [0, 0.05) is 26.6 Å². The molecule has 0 spiro atoms. The van der Waals surface area contributed by atoms with E-state index in [-0.39, 0.29) is 30.8 Å². The van der Waals surface area contributed by atoms with Gasteiger partial charge >= 0.3 is 5.97 Å². The fourth-order valence-corrected chi connectivity index (χ4v) is 3.07. The summed E-state index contributed by atoms with van der Waals surface area (Å²) >= 11 is 0. The van der Waals surface area contributed by atoms with Gasteiger partial charge in [-0.1, -0.05) is 37.3 Å². The van der Waals surface area contributed by atoms with Crippen LogP contribution in [-0.4, -0.2) is 52.8 Å². The summed E-state index contributed by atoms with van der Waals surface area (Å²) in [6.45, 7) is 4.04. The molecule has 1 aromatic rings. The number of nitrogens with zero attached hydrogens (tertiary/aromatic N) is 2. The van der Waals surface area contributed by atoms with E-state index in [0.29, 0.717) is 6.54 Å². The third kappa shape index (κ3) is 3.93. The van der Waals surface area contributed by atoms with Crippen molar-refractivity contribution >= 4 is 17.8 Å². The molecular formula is C18H24N2O4. The predicted molar refractivity (Wildman–Crippen MR) is 89.1 cm³/mol. The maximum absolute atomic E-state index is 12.5. The lowest BCUT2D eigenvalue weighted by Gasteiger charge is -2.26. The van der Waals surface area contributed by atoms with Crippen molar-refractivity contribution in [2.45, 2.75) is 26.3 Å². The van der Waals surface area contributed by atoms with Crippen molar-refractivity contribution in [1.82, 2.24) is 9.80 Å². The van der Waals surface area contributed by atoms with Gasteiger partial charge in [-0.05, 0) is 12.5 Å². The molecule has 1 N–H and O–H groups in total. The van der Waals surface area contributed by atoms with Gasteiger partial charge < -0.3 is 14.9 Å². The molecule has 1 aliphatic heterocycles. The van der Waals surface area contributed by atoms with E-state index in [1.165, 1.54) is 4.90 Å². The molecule has 6 nitrogen and oxygen atoms in total. The van der Waals surface area contributed by atoms with Gasteiger partial charge in [0.25, 0.3) is 0 Å². The molecule has 2 amide bonds. The van der Waals surface area contributed by atoms with Gasteiger partial charge in [0.05, 0.1) is 17.9 Å². The van der Waals surface area contributed by atoms with E-state index in [1.807, 2.05) is 37.3 Å². The number of carboxylic acid groups (broad SMARTS) is 1. The highest BCUT2D eigenvalue weighted by Gasteiger charge is 2.38. The Hall–Kier alpha value is -2.37. The highest BCUT2D eigenvalue weighted by molar-refractivity contribution is 5.89. The molecule has 3 atom stereocenters. The first-order valence-corrected chi connectivity index (χ1v) is 8.13. The molecule has 0 unspecified atom stereocenters. The van der Waals surface area contributed by atoms with Crippen molar-refractivity contribution < 1.29 is 19.5 Å². The first kappa shape index (κ1) is 18.0. The van der Waals surface area contributed by atoms with Crippen molar-refractivity contribution in [3.05, 3.63) is 35.9 Å². The number of carbonyl (C=O) groups is 3. The standard InChI is InChI=1S/C18H24N2O4/c1-12(18(23)24)10-19(3)17(22)15-9-16(21)20(11-15)13(2)14-7-5-4-6-8-14/h4-8,12-13,15H,9-11H2,1-3H3,(H,23,24)/t12-,13+,15-/m1/s1. The minimum absolute atomic E-state index is 0.0376. The number of carboxylic acids is 1. The van der Waals surface area contributed by atoms with Crippen molar-refractivity contribution in [1.29, 1.82) is 0 Å². The predicted octanol–water partition coefficient (Wildman–Crippen LogP) is 1.78. The maximum Gasteiger partial charge on any atom is 0.308 e. The Bertz CT molecular complexity index is 617. The summed E-state index contributed by atoms with van der Waals surface area (Å²) in [7, 11) is 1.59. The molecule has 1 aliphatic rings. The Morgan fingerprint density at radius 2 is 1.92 bits per heavy atom. The van der Waals surface area contributed by atoms with Crippen LogP contribution in [0.5, 0.6) is 0 Å². The van der Waals surface area contributed by atoms with Crippen molar-refractivity contribution in [2.75, 3.05) is 20.1 Å². The molecule has 1 saturated heterocycles. The highest BCUT2D eigenvalue weighted by Crippen LogP contribution is 2.29. The average Bonchev–Trinajstić information content (AvgIpc) is 2.95. The number of aliphatic carboxylic acids is 1. The molecule has 0 radical (unpaired) electrons. The molecule has 24 heavy (non-hydrogen) atoms. The Morgan fingerprint density at radius 1 is 1.29 bits per heavy atom. The normalized spacial score (nSPS) is 19.9. The van der Waals surface area contributed by atoms with E-state index in [0.717, 1.165) is 5.56 Å². The lowest BCUT2D eigenvalue weighted by Crippen LogP contribution is -2.38. The first-order chi connectivity index (χ1) is 11.3.